The summed E-state index contributed by atoms with van der Waals surface area (Å²) in [5.74, 6) is 0. The maximum Gasteiger partial charge on any atom is 0.243 e. The zero-order valence-electron chi connectivity index (χ0n) is 13.7. The van der Waals surface area contributed by atoms with Gasteiger partial charge in [-0.05, 0) is 54.7 Å². The van der Waals surface area contributed by atoms with Gasteiger partial charge in [0.25, 0.3) is 0 Å². The van der Waals surface area contributed by atoms with Crippen molar-refractivity contribution in [3.05, 3.63) is 59.7 Å². The van der Waals surface area contributed by atoms with Gasteiger partial charge in [0.1, 0.15) is 0 Å². The molecule has 1 fully saturated rings. The monoisotopic (exact) mass is 342 g/mol. The fraction of sp³-hybridized carbons (Fsp3) is 0.368. The van der Waals surface area contributed by atoms with Crippen molar-refractivity contribution in [2.24, 2.45) is 0 Å². The Bertz CT molecular complexity index is 826. The lowest BCUT2D eigenvalue weighted by Crippen LogP contribution is -2.48. The molecule has 0 aromatic heterocycles. The number of para-hydroxylation sites is 1. The van der Waals surface area contributed by atoms with Crippen LogP contribution in [0.2, 0.25) is 0 Å². The summed E-state index contributed by atoms with van der Waals surface area (Å²) in [6.07, 6.45) is 3.21. The minimum absolute atomic E-state index is 0.455. The number of aryl methyl sites for hydroxylation is 2. The predicted octanol–water partition coefficient (Wildman–Crippen LogP) is 2.69. The molecule has 2 aromatic carbocycles. The summed E-state index contributed by atoms with van der Waals surface area (Å²) in [4.78, 5) is 2.70. The molecule has 4 rings (SSSR count). The van der Waals surface area contributed by atoms with Gasteiger partial charge in [-0.2, -0.15) is 4.31 Å². The maximum atomic E-state index is 12.9. The summed E-state index contributed by atoms with van der Waals surface area (Å²) in [5, 5.41) is 0. The summed E-state index contributed by atoms with van der Waals surface area (Å²) in [6, 6.07) is 15.8. The van der Waals surface area contributed by atoms with E-state index in [0.717, 1.165) is 38.0 Å². The number of piperazine rings is 1. The minimum atomic E-state index is -3.38. The van der Waals surface area contributed by atoms with Gasteiger partial charge < -0.3 is 4.90 Å². The number of sulfonamides is 1. The second-order valence-electron chi connectivity index (χ2n) is 6.51. The van der Waals surface area contributed by atoms with E-state index in [9.17, 15) is 8.42 Å². The first kappa shape index (κ1) is 15.7. The topological polar surface area (TPSA) is 40.6 Å². The van der Waals surface area contributed by atoms with Crippen molar-refractivity contribution in [1.82, 2.24) is 4.31 Å². The molecule has 1 heterocycles. The van der Waals surface area contributed by atoms with Gasteiger partial charge in [0.2, 0.25) is 10.0 Å². The molecule has 0 atom stereocenters. The Morgan fingerprint density at radius 3 is 2.25 bits per heavy atom. The number of nitrogens with zero attached hydrogens (tertiary/aromatic N) is 2. The molecule has 0 N–H and O–H groups in total. The van der Waals surface area contributed by atoms with Gasteiger partial charge in [0.15, 0.2) is 0 Å². The van der Waals surface area contributed by atoms with Gasteiger partial charge in [-0.1, -0.05) is 24.3 Å². The largest absolute Gasteiger partial charge is 0.369 e. The molecule has 0 spiro atoms. The first-order valence-electron chi connectivity index (χ1n) is 8.56. The third-order valence-electron chi connectivity index (χ3n) is 5.07. The number of rotatable bonds is 3. The first-order valence-corrected chi connectivity index (χ1v) is 10.0. The van der Waals surface area contributed by atoms with Crippen molar-refractivity contribution in [2.45, 2.75) is 24.2 Å². The normalized spacial score (nSPS) is 18.6. The van der Waals surface area contributed by atoms with Crippen molar-refractivity contribution < 1.29 is 8.42 Å². The molecule has 1 aliphatic carbocycles. The van der Waals surface area contributed by atoms with Gasteiger partial charge in [-0.3, -0.25) is 0 Å². The first-order chi connectivity index (χ1) is 11.6. The van der Waals surface area contributed by atoms with E-state index in [1.807, 2.05) is 30.3 Å². The second-order valence-corrected chi connectivity index (χ2v) is 8.45. The van der Waals surface area contributed by atoms with Gasteiger partial charge in [-0.15, -0.1) is 0 Å². The minimum Gasteiger partial charge on any atom is -0.369 e. The van der Waals surface area contributed by atoms with Crippen LogP contribution in [0.3, 0.4) is 0 Å². The van der Waals surface area contributed by atoms with Gasteiger partial charge in [0, 0.05) is 31.9 Å². The van der Waals surface area contributed by atoms with Gasteiger partial charge in [-0.25, -0.2) is 8.42 Å². The molecule has 126 valence electrons. The molecule has 0 saturated carbocycles. The molecule has 0 amide bonds. The van der Waals surface area contributed by atoms with Crippen LogP contribution >= 0.6 is 0 Å². The molecule has 0 bridgehead atoms. The fourth-order valence-corrected chi connectivity index (χ4v) is 5.16. The van der Waals surface area contributed by atoms with Crippen molar-refractivity contribution in [1.29, 1.82) is 0 Å². The van der Waals surface area contributed by atoms with Crippen LogP contribution in [0.1, 0.15) is 17.5 Å². The number of hydrogen-bond donors (Lipinski definition) is 0. The summed E-state index contributed by atoms with van der Waals surface area (Å²) in [6.45, 7) is 2.53. The Hall–Kier alpha value is -1.85. The third kappa shape index (κ3) is 2.82. The molecule has 5 heteroatoms. The lowest BCUT2D eigenvalue weighted by Gasteiger charge is -2.35. The highest BCUT2D eigenvalue weighted by atomic mass is 32.2. The lowest BCUT2D eigenvalue weighted by atomic mass is 10.1. The molecule has 1 saturated heterocycles. The van der Waals surface area contributed by atoms with Crippen molar-refractivity contribution >= 4 is 15.7 Å². The zero-order chi connectivity index (χ0) is 16.6. The number of hydrogen-bond acceptors (Lipinski definition) is 3. The maximum absolute atomic E-state index is 12.9. The smallest absolute Gasteiger partial charge is 0.243 e. The molecule has 2 aliphatic rings. The summed E-state index contributed by atoms with van der Waals surface area (Å²) in [7, 11) is -3.38. The van der Waals surface area contributed by atoms with Crippen LogP contribution in [-0.4, -0.2) is 38.9 Å². The van der Waals surface area contributed by atoms with Crippen LogP contribution in [0.25, 0.3) is 0 Å². The molecule has 0 radical (unpaired) electrons. The van der Waals surface area contributed by atoms with E-state index in [4.69, 9.17) is 0 Å². The Labute approximate surface area is 143 Å². The molecule has 24 heavy (non-hydrogen) atoms. The summed E-state index contributed by atoms with van der Waals surface area (Å²) in [5.41, 5.74) is 3.67. The molecular formula is C19H22N2O2S. The van der Waals surface area contributed by atoms with Crippen LogP contribution in [-0.2, 0) is 22.9 Å². The van der Waals surface area contributed by atoms with Crippen molar-refractivity contribution in [2.75, 3.05) is 31.1 Å². The third-order valence-corrected chi connectivity index (χ3v) is 6.96. The molecule has 2 aromatic rings. The molecule has 1 aliphatic heterocycles. The Morgan fingerprint density at radius 1 is 0.792 bits per heavy atom. The number of anilines is 1. The summed E-state index contributed by atoms with van der Waals surface area (Å²) < 4.78 is 27.5. The highest BCUT2D eigenvalue weighted by Crippen LogP contribution is 2.27. The average molecular weight is 342 g/mol. The van der Waals surface area contributed by atoms with Crippen molar-refractivity contribution in [3.63, 3.8) is 0 Å². The quantitative estimate of drug-likeness (QED) is 0.861. The van der Waals surface area contributed by atoms with E-state index in [1.165, 1.54) is 11.1 Å². The average Bonchev–Trinajstić information content (AvgIpc) is 3.10. The highest BCUT2D eigenvalue weighted by Gasteiger charge is 2.29. The molecule has 4 nitrogen and oxygen atoms in total. The number of benzene rings is 2. The van der Waals surface area contributed by atoms with Crippen LogP contribution in [0.15, 0.2) is 53.4 Å². The van der Waals surface area contributed by atoms with Crippen molar-refractivity contribution in [3.8, 4) is 0 Å². The summed E-state index contributed by atoms with van der Waals surface area (Å²) >= 11 is 0. The van der Waals surface area contributed by atoms with E-state index in [-0.39, 0.29) is 0 Å². The van der Waals surface area contributed by atoms with E-state index in [0.29, 0.717) is 18.0 Å². The van der Waals surface area contributed by atoms with E-state index < -0.39 is 10.0 Å². The van der Waals surface area contributed by atoms with E-state index >= 15 is 0 Å². The van der Waals surface area contributed by atoms with Gasteiger partial charge in [0.05, 0.1) is 4.90 Å². The molecular weight excluding hydrogens is 320 g/mol. The van der Waals surface area contributed by atoms with E-state index in [2.05, 4.69) is 17.0 Å². The van der Waals surface area contributed by atoms with Crippen LogP contribution in [0.4, 0.5) is 5.69 Å². The zero-order valence-corrected chi connectivity index (χ0v) is 14.5. The Balaban J connectivity index is 1.50. The number of fused-ring (bicyclic) bond motifs is 1. The SMILES string of the molecule is O=S(=O)(c1ccc2c(c1)CCC2)N1CCN(c2ccccc2)CC1. The van der Waals surface area contributed by atoms with Crippen LogP contribution in [0, 0.1) is 0 Å². The predicted molar refractivity (Wildman–Crippen MR) is 95.9 cm³/mol. The van der Waals surface area contributed by atoms with Gasteiger partial charge >= 0.3 is 0 Å². The van der Waals surface area contributed by atoms with E-state index in [1.54, 1.807) is 10.4 Å². The van der Waals surface area contributed by atoms with Crippen LogP contribution < -0.4 is 4.90 Å². The fourth-order valence-electron chi connectivity index (χ4n) is 3.68. The highest BCUT2D eigenvalue weighted by molar-refractivity contribution is 7.89. The second kappa shape index (κ2) is 6.22. The standard InChI is InChI=1S/C19H22N2O2S/c22-24(23,19-10-9-16-5-4-6-17(16)15-19)21-13-11-20(12-14-21)18-7-2-1-3-8-18/h1-3,7-10,15H,4-6,11-14H2. The Kier molecular flexibility index (Phi) is 4.06. The lowest BCUT2D eigenvalue weighted by molar-refractivity contribution is 0.385. The van der Waals surface area contributed by atoms with Crippen LogP contribution in [0.5, 0.6) is 0 Å². The Morgan fingerprint density at radius 2 is 1.50 bits per heavy atom. The molecule has 0 unspecified atom stereocenters.